The normalized spacial score (nSPS) is 24.7. The Hall–Kier alpha value is -0.610. The second-order valence-corrected chi connectivity index (χ2v) is 6.10. The number of primary amides is 1. The van der Waals surface area contributed by atoms with Gasteiger partial charge in [0.25, 0.3) is 0 Å². The van der Waals surface area contributed by atoms with Gasteiger partial charge in [-0.3, -0.25) is 4.79 Å². The van der Waals surface area contributed by atoms with Crippen LogP contribution in [0.2, 0.25) is 0 Å². The van der Waals surface area contributed by atoms with Crippen molar-refractivity contribution in [3.8, 4) is 0 Å². The first-order valence-corrected chi connectivity index (χ1v) is 7.40. The highest BCUT2D eigenvalue weighted by atomic mass is 16.1. The van der Waals surface area contributed by atoms with Crippen molar-refractivity contribution in [2.45, 2.75) is 51.5 Å². The average molecular weight is 253 g/mol. The van der Waals surface area contributed by atoms with Crippen molar-refractivity contribution in [2.24, 2.45) is 11.1 Å². The average Bonchev–Trinajstić information content (AvgIpc) is 2.95. The molecule has 0 radical (unpaired) electrons. The number of nitrogens with one attached hydrogen (secondary N) is 1. The van der Waals surface area contributed by atoms with Crippen molar-refractivity contribution in [2.75, 3.05) is 26.2 Å². The highest BCUT2D eigenvalue weighted by Crippen LogP contribution is 2.45. The topological polar surface area (TPSA) is 58.4 Å². The molecule has 4 nitrogen and oxygen atoms in total. The van der Waals surface area contributed by atoms with Crippen molar-refractivity contribution in [3.05, 3.63) is 0 Å². The van der Waals surface area contributed by atoms with Gasteiger partial charge < -0.3 is 16.0 Å². The van der Waals surface area contributed by atoms with E-state index < -0.39 is 0 Å². The van der Waals surface area contributed by atoms with E-state index in [-0.39, 0.29) is 11.9 Å². The first-order valence-electron chi connectivity index (χ1n) is 7.40. The fourth-order valence-corrected chi connectivity index (χ4v) is 3.55. The smallest absolute Gasteiger partial charge is 0.235 e. The molecule has 2 rings (SSSR count). The number of nitrogens with two attached hydrogens (primary N) is 1. The predicted molar refractivity (Wildman–Crippen MR) is 73.2 cm³/mol. The van der Waals surface area contributed by atoms with Gasteiger partial charge >= 0.3 is 0 Å². The summed E-state index contributed by atoms with van der Waals surface area (Å²) in [6.45, 7) is 6.07. The van der Waals surface area contributed by atoms with E-state index in [2.05, 4.69) is 17.1 Å². The van der Waals surface area contributed by atoms with Gasteiger partial charge in [0.05, 0.1) is 6.04 Å². The Bertz CT molecular complexity index is 287. The van der Waals surface area contributed by atoms with Crippen LogP contribution in [-0.2, 0) is 4.79 Å². The van der Waals surface area contributed by atoms with Crippen LogP contribution in [-0.4, -0.2) is 43.0 Å². The van der Waals surface area contributed by atoms with E-state index >= 15 is 0 Å². The van der Waals surface area contributed by atoms with Gasteiger partial charge in [-0.25, -0.2) is 0 Å². The molecule has 1 unspecified atom stereocenters. The Morgan fingerprint density at radius 2 is 2.11 bits per heavy atom. The molecule has 3 N–H and O–H groups in total. The molecular formula is C14H27N3O. The zero-order chi connectivity index (χ0) is 13.0. The molecule has 1 aliphatic heterocycles. The summed E-state index contributed by atoms with van der Waals surface area (Å²) in [5.74, 6) is -0.212. The number of hydrogen-bond acceptors (Lipinski definition) is 3. The highest BCUT2D eigenvalue weighted by molar-refractivity contribution is 5.80. The van der Waals surface area contributed by atoms with Crippen molar-refractivity contribution >= 4 is 5.91 Å². The van der Waals surface area contributed by atoms with Crippen LogP contribution in [0.25, 0.3) is 0 Å². The summed E-state index contributed by atoms with van der Waals surface area (Å²) in [4.78, 5) is 13.9. The third kappa shape index (κ3) is 3.23. The number of rotatable bonds is 6. The summed E-state index contributed by atoms with van der Waals surface area (Å²) in [5, 5.41) is 3.26. The SMILES string of the molecule is CCCNC(CN1CCC2(CCCC2)C1)C(N)=O. The maximum atomic E-state index is 11.4. The summed E-state index contributed by atoms with van der Waals surface area (Å²) >= 11 is 0. The second-order valence-electron chi connectivity index (χ2n) is 6.10. The number of amides is 1. The lowest BCUT2D eigenvalue weighted by Crippen LogP contribution is -2.49. The quantitative estimate of drug-likeness (QED) is 0.745. The van der Waals surface area contributed by atoms with E-state index in [0.717, 1.165) is 26.1 Å². The molecule has 1 aliphatic carbocycles. The molecule has 1 spiro atoms. The maximum absolute atomic E-state index is 11.4. The van der Waals surface area contributed by atoms with Crippen molar-refractivity contribution in [1.82, 2.24) is 10.2 Å². The molecule has 2 aliphatic rings. The third-order valence-corrected chi connectivity index (χ3v) is 4.61. The summed E-state index contributed by atoms with van der Waals surface area (Å²) in [7, 11) is 0. The molecule has 1 heterocycles. The van der Waals surface area contributed by atoms with Crippen LogP contribution >= 0.6 is 0 Å². The summed E-state index contributed by atoms with van der Waals surface area (Å²) in [6, 6.07) is -0.179. The fraction of sp³-hybridized carbons (Fsp3) is 0.929. The molecular weight excluding hydrogens is 226 g/mol. The molecule has 1 atom stereocenters. The largest absolute Gasteiger partial charge is 0.368 e. The molecule has 1 saturated heterocycles. The molecule has 0 aromatic rings. The van der Waals surface area contributed by atoms with E-state index in [4.69, 9.17) is 5.73 Å². The molecule has 1 amide bonds. The van der Waals surface area contributed by atoms with Gasteiger partial charge in [0.15, 0.2) is 0 Å². The Balaban J connectivity index is 1.83. The van der Waals surface area contributed by atoms with Gasteiger partial charge in [-0.1, -0.05) is 19.8 Å². The van der Waals surface area contributed by atoms with Gasteiger partial charge in [-0.15, -0.1) is 0 Å². The Kier molecular flexibility index (Phi) is 4.62. The maximum Gasteiger partial charge on any atom is 0.235 e. The summed E-state index contributed by atoms with van der Waals surface area (Å²) in [6.07, 6.45) is 7.89. The van der Waals surface area contributed by atoms with Crippen LogP contribution in [0.3, 0.4) is 0 Å². The van der Waals surface area contributed by atoms with E-state index in [9.17, 15) is 4.79 Å². The number of likely N-dealkylation sites (tertiary alicyclic amines) is 1. The summed E-state index contributed by atoms with van der Waals surface area (Å²) < 4.78 is 0. The lowest BCUT2D eigenvalue weighted by Gasteiger charge is -2.26. The Morgan fingerprint density at radius 1 is 1.39 bits per heavy atom. The minimum atomic E-state index is -0.212. The van der Waals surface area contributed by atoms with Crippen LogP contribution in [0.15, 0.2) is 0 Å². The first kappa shape index (κ1) is 13.8. The van der Waals surface area contributed by atoms with Gasteiger partial charge in [-0.2, -0.15) is 0 Å². The van der Waals surface area contributed by atoms with Crippen LogP contribution in [0, 0.1) is 5.41 Å². The molecule has 0 aromatic carbocycles. The zero-order valence-electron chi connectivity index (χ0n) is 11.6. The van der Waals surface area contributed by atoms with E-state index in [1.165, 1.54) is 38.6 Å². The van der Waals surface area contributed by atoms with Crippen LogP contribution in [0.1, 0.15) is 45.4 Å². The fourth-order valence-electron chi connectivity index (χ4n) is 3.55. The van der Waals surface area contributed by atoms with Gasteiger partial charge in [-0.05, 0) is 44.2 Å². The molecule has 104 valence electrons. The lowest BCUT2D eigenvalue weighted by atomic mass is 9.86. The minimum Gasteiger partial charge on any atom is -0.368 e. The standard InChI is InChI=1S/C14H27N3O/c1-2-8-16-12(13(15)18)10-17-9-7-14(11-17)5-3-4-6-14/h12,16H,2-11H2,1H3,(H2,15,18). The Labute approximate surface area is 110 Å². The van der Waals surface area contributed by atoms with Crippen molar-refractivity contribution in [1.29, 1.82) is 0 Å². The Morgan fingerprint density at radius 3 is 2.72 bits per heavy atom. The summed E-state index contributed by atoms with van der Waals surface area (Å²) in [5.41, 5.74) is 6.05. The number of hydrogen-bond donors (Lipinski definition) is 2. The molecule has 2 fully saturated rings. The lowest BCUT2D eigenvalue weighted by molar-refractivity contribution is -0.120. The predicted octanol–water partition coefficient (Wildman–Crippen LogP) is 1.11. The van der Waals surface area contributed by atoms with Gasteiger partial charge in [0.1, 0.15) is 0 Å². The molecule has 1 saturated carbocycles. The van der Waals surface area contributed by atoms with Gasteiger partial charge in [0, 0.05) is 13.1 Å². The van der Waals surface area contributed by atoms with E-state index in [1.807, 2.05) is 0 Å². The second kappa shape index (κ2) is 6.02. The van der Waals surface area contributed by atoms with Crippen LogP contribution in [0.5, 0.6) is 0 Å². The van der Waals surface area contributed by atoms with Crippen LogP contribution < -0.4 is 11.1 Å². The van der Waals surface area contributed by atoms with E-state index in [1.54, 1.807) is 0 Å². The first-order chi connectivity index (χ1) is 8.65. The number of nitrogens with zero attached hydrogens (tertiary/aromatic N) is 1. The number of carbonyl (C=O) groups excluding carboxylic acids is 1. The van der Waals surface area contributed by atoms with Crippen molar-refractivity contribution < 1.29 is 4.79 Å². The minimum absolute atomic E-state index is 0.179. The monoisotopic (exact) mass is 253 g/mol. The number of carbonyl (C=O) groups is 1. The highest BCUT2D eigenvalue weighted by Gasteiger charge is 2.40. The zero-order valence-corrected chi connectivity index (χ0v) is 11.6. The third-order valence-electron chi connectivity index (χ3n) is 4.61. The van der Waals surface area contributed by atoms with Crippen molar-refractivity contribution in [3.63, 3.8) is 0 Å². The van der Waals surface area contributed by atoms with E-state index in [0.29, 0.717) is 5.41 Å². The van der Waals surface area contributed by atoms with Gasteiger partial charge in [0.2, 0.25) is 5.91 Å². The van der Waals surface area contributed by atoms with Crippen LogP contribution in [0.4, 0.5) is 0 Å². The molecule has 0 aromatic heterocycles. The molecule has 18 heavy (non-hydrogen) atoms. The molecule has 4 heteroatoms. The molecule has 0 bridgehead atoms.